The molecule has 3 aromatic rings. The van der Waals surface area contributed by atoms with Crippen molar-refractivity contribution < 1.29 is 9.53 Å². The Kier molecular flexibility index (Phi) is 4.86. The van der Waals surface area contributed by atoms with E-state index in [0.717, 1.165) is 5.56 Å². The third kappa shape index (κ3) is 3.89. The van der Waals surface area contributed by atoms with Crippen LogP contribution in [0.4, 0.5) is 11.5 Å². The quantitative estimate of drug-likeness (QED) is 0.714. The zero-order valence-electron chi connectivity index (χ0n) is 13.5. The van der Waals surface area contributed by atoms with Gasteiger partial charge in [0.05, 0.1) is 10.6 Å². The van der Waals surface area contributed by atoms with Gasteiger partial charge in [-0.2, -0.15) is 0 Å². The SMILES string of the molecule is Cc1ccnc(N)c1C(=O)Nc1cccc(Oc2ccccc2Cl)c1. The van der Waals surface area contributed by atoms with Gasteiger partial charge in [0.25, 0.3) is 5.91 Å². The number of nitrogens with zero attached hydrogens (tertiary/aromatic N) is 1. The third-order valence-electron chi connectivity index (χ3n) is 3.57. The maximum Gasteiger partial charge on any atom is 0.259 e. The van der Waals surface area contributed by atoms with Crippen LogP contribution in [0.2, 0.25) is 5.02 Å². The number of nitrogens with one attached hydrogen (secondary N) is 1. The van der Waals surface area contributed by atoms with Crippen molar-refractivity contribution in [2.75, 3.05) is 11.1 Å². The number of aromatic nitrogens is 1. The molecule has 3 N–H and O–H groups in total. The number of carbonyl (C=O) groups is 1. The highest BCUT2D eigenvalue weighted by Gasteiger charge is 2.14. The molecule has 0 atom stereocenters. The molecule has 6 heteroatoms. The number of hydrogen-bond donors (Lipinski definition) is 2. The molecule has 0 aliphatic heterocycles. The summed E-state index contributed by atoms with van der Waals surface area (Å²) in [7, 11) is 0. The van der Waals surface area contributed by atoms with E-state index in [1.807, 2.05) is 19.1 Å². The summed E-state index contributed by atoms with van der Waals surface area (Å²) in [6, 6.07) is 15.9. The Morgan fingerprint density at radius 2 is 1.96 bits per heavy atom. The Morgan fingerprint density at radius 3 is 2.72 bits per heavy atom. The van der Waals surface area contributed by atoms with Crippen molar-refractivity contribution in [1.29, 1.82) is 0 Å². The fraction of sp³-hybridized carbons (Fsp3) is 0.0526. The van der Waals surface area contributed by atoms with Crippen molar-refractivity contribution in [3.63, 3.8) is 0 Å². The van der Waals surface area contributed by atoms with Crippen molar-refractivity contribution in [3.8, 4) is 11.5 Å². The van der Waals surface area contributed by atoms with Gasteiger partial charge >= 0.3 is 0 Å². The average Bonchev–Trinajstić information content (AvgIpc) is 2.57. The van der Waals surface area contributed by atoms with E-state index >= 15 is 0 Å². The zero-order chi connectivity index (χ0) is 17.8. The number of nitrogen functional groups attached to an aromatic ring is 1. The van der Waals surface area contributed by atoms with Crippen LogP contribution in [0.25, 0.3) is 0 Å². The number of pyridine rings is 1. The second kappa shape index (κ2) is 7.23. The summed E-state index contributed by atoms with van der Waals surface area (Å²) < 4.78 is 5.76. The number of rotatable bonds is 4. The highest BCUT2D eigenvalue weighted by atomic mass is 35.5. The largest absolute Gasteiger partial charge is 0.456 e. The van der Waals surface area contributed by atoms with Gasteiger partial charge in [0.1, 0.15) is 17.3 Å². The zero-order valence-corrected chi connectivity index (χ0v) is 14.2. The van der Waals surface area contributed by atoms with E-state index in [-0.39, 0.29) is 11.7 Å². The number of hydrogen-bond acceptors (Lipinski definition) is 4. The number of para-hydroxylation sites is 1. The van der Waals surface area contributed by atoms with Crippen LogP contribution >= 0.6 is 11.6 Å². The summed E-state index contributed by atoms with van der Waals surface area (Å²) in [5.74, 6) is 0.973. The Hall–Kier alpha value is -3.05. The van der Waals surface area contributed by atoms with Gasteiger partial charge in [-0.1, -0.05) is 29.8 Å². The normalized spacial score (nSPS) is 10.3. The standard InChI is InChI=1S/C19H16ClN3O2/c1-12-9-10-22-18(21)17(12)19(24)23-13-5-4-6-14(11-13)25-16-8-3-2-7-15(16)20/h2-11H,1H3,(H2,21,22)(H,23,24). The lowest BCUT2D eigenvalue weighted by molar-refractivity contribution is 0.102. The van der Waals surface area contributed by atoms with E-state index in [2.05, 4.69) is 10.3 Å². The van der Waals surface area contributed by atoms with E-state index in [1.165, 1.54) is 0 Å². The number of carbonyl (C=O) groups excluding carboxylic acids is 1. The first-order valence-corrected chi connectivity index (χ1v) is 7.97. The maximum atomic E-state index is 12.5. The summed E-state index contributed by atoms with van der Waals surface area (Å²) in [6.07, 6.45) is 1.57. The fourth-order valence-electron chi connectivity index (χ4n) is 2.36. The van der Waals surface area contributed by atoms with Gasteiger partial charge in [0, 0.05) is 18.0 Å². The van der Waals surface area contributed by atoms with Crippen LogP contribution < -0.4 is 15.8 Å². The fourth-order valence-corrected chi connectivity index (χ4v) is 2.53. The van der Waals surface area contributed by atoms with Crippen molar-refractivity contribution >= 4 is 29.0 Å². The Balaban J connectivity index is 1.80. The third-order valence-corrected chi connectivity index (χ3v) is 3.88. The van der Waals surface area contributed by atoms with E-state index in [9.17, 15) is 4.79 Å². The van der Waals surface area contributed by atoms with Gasteiger partial charge < -0.3 is 15.8 Å². The minimum Gasteiger partial charge on any atom is -0.456 e. The predicted octanol–water partition coefficient (Wildman–Crippen LogP) is 4.67. The van der Waals surface area contributed by atoms with Crippen molar-refractivity contribution in [3.05, 3.63) is 76.9 Å². The summed E-state index contributed by atoms with van der Waals surface area (Å²) in [5, 5.41) is 3.32. The monoisotopic (exact) mass is 353 g/mol. The molecule has 0 fully saturated rings. The van der Waals surface area contributed by atoms with Gasteiger partial charge in [-0.15, -0.1) is 0 Å². The average molecular weight is 354 g/mol. The summed E-state index contributed by atoms with van der Waals surface area (Å²) in [6.45, 7) is 1.81. The molecule has 5 nitrogen and oxygen atoms in total. The predicted molar refractivity (Wildman–Crippen MR) is 99.3 cm³/mol. The molecule has 0 spiro atoms. The molecule has 0 saturated heterocycles. The van der Waals surface area contributed by atoms with Gasteiger partial charge in [0.15, 0.2) is 0 Å². The van der Waals surface area contributed by atoms with Crippen LogP contribution in [-0.2, 0) is 0 Å². The Labute approximate surface area is 150 Å². The molecule has 0 saturated carbocycles. The number of halogens is 1. The van der Waals surface area contributed by atoms with Crippen LogP contribution in [0.3, 0.4) is 0 Å². The molecule has 0 radical (unpaired) electrons. The second-order valence-electron chi connectivity index (χ2n) is 5.40. The second-order valence-corrected chi connectivity index (χ2v) is 5.81. The Morgan fingerprint density at radius 1 is 1.16 bits per heavy atom. The van der Waals surface area contributed by atoms with E-state index < -0.39 is 0 Å². The minimum atomic E-state index is -0.321. The van der Waals surface area contributed by atoms with Gasteiger partial charge in [-0.3, -0.25) is 4.79 Å². The van der Waals surface area contributed by atoms with Crippen LogP contribution in [-0.4, -0.2) is 10.9 Å². The first kappa shape index (κ1) is 16.8. The van der Waals surface area contributed by atoms with Gasteiger partial charge in [-0.25, -0.2) is 4.98 Å². The Bertz CT molecular complexity index is 908. The number of amides is 1. The number of ether oxygens (including phenoxy) is 1. The number of benzene rings is 2. The van der Waals surface area contributed by atoms with Crippen LogP contribution in [0, 0.1) is 6.92 Å². The highest BCUT2D eigenvalue weighted by molar-refractivity contribution is 6.32. The number of nitrogens with two attached hydrogens (primary N) is 1. The van der Waals surface area contributed by atoms with Crippen molar-refractivity contribution in [2.24, 2.45) is 0 Å². The lowest BCUT2D eigenvalue weighted by Gasteiger charge is -2.11. The van der Waals surface area contributed by atoms with E-state index in [1.54, 1.807) is 48.7 Å². The number of anilines is 2. The number of aryl methyl sites for hydroxylation is 1. The highest BCUT2D eigenvalue weighted by Crippen LogP contribution is 2.30. The van der Waals surface area contributed by atoms with Crippen LogP contribution in [0.1, 0.15) is 15.9 Å². The smallest absolute Gasteiger partial charge is 0.259 e. The van der Waals surface area contributed by atoms with Crippen molar-refractivity contribution in [1.82, 2.24) is 4.98 Å². The van der Waals surface area contributed by atoms with Gasteiger partial charge in [0.2, 0.25) is 0 Å². The van der Waals surface area contributed by atoms with Crippen LogP contribution in [0.5, 0.6) is 11.5 Å². The molecule has 1 heterocycles. The first-order valence-electron chi connectivity index (χ1n) is 7.59. The minimum absolute atomic E-state index is 0.195. The molecule has 2 aromatic carbocycles. The first-order chi connectivity index (χ1) is 12.0. The molecular weight excluding hydrogens is 338 g/mol. The van der Waals surface area contributed by atoms with E-state index in [4.69, 9.17) is 22.1 Å². The molecule has 1 amide bonds. The molecule has 0 aliphatic carbocycles. The summed E-state index contributed by atoms with van der Waals surface area (Å²) in [5.41, 5.74) is 7.51. The summed E-state index contributed by atoms with van der Waals surface area (Å²) in [4.78, 5) is 16.4. The molecular formula is C19H16ClN3O2. The molecule has 0 aliphatic rings. The topological polar surface area (TPSA) is 77.2 Å². The maximum absolute atomic E-state index is 12.5. The lowest BCUT2D eigenvalue weighted by atomic mass is 10.1. The molecule has 126 valence electrons. The van der Waals surface area contributed by atoms with Crippen molar-refractivity contribution in [2.45, 2.75) is 6.92 Å². The lowest BCUT2D eigenvalue weighted by Crippen LogP contribution is -2.16. The molecule has 0 unspecified atom stereocenters. The molecule has 25 heavy (non-hydrogen) atoms. The van der Waals surface area contributed by atoms with Gasteiger partial charge in [-0.05, 0) is 42.8 Å². The van der Waals surface area contributed by atoms with Crippen LogP contribution in [0.15, 0.2) is 60.8 Å². The summed E-state index contributed by atoms with van der Waals surface area (Å²) >= 11 is 6.10. The van der Waals surface area contributed by atoms with E-state index in [0.29, 0.717) is 27.8 Å². The molecule has 1 aromatic heterocycles. The molecule has 0 bridgehead atoms. The molecule has 3 rings (SSSR count).